The molecule has 0 radical (unpaired) electrons. The molecule has 38 heavy (non-hydrogen) atoms. The van der Waals surface area contributed by atoms with Gasteiger partial charge in [0.05, 0.1) is 26.5 Å². The van der Waals surface area contributed by atoms with E-state index < -0.39 is 4.92 Å². The molecular formula is C28H18BrClN4O4. The molecule has 0 amide bonds. The van der Waals surface area contributed by atoms with Crippen LogP contribution in [0.15, 0.2) is 105 Å². The van der Waals surface area contributed by atoms with Gasteiger partial charge in [-0.05, 0) is 45.8 Å². The predicted molar refractivity (Wildman–Crippen MR) is 151 cm³/mol. The van der Waals surface area contributed by atoms with Crippen LogP contribution in [0, 0.1) is 10.1 Å². The van der Waals surface area contributed by atoms with Gasteiger partial charge in [0.15, 0.2) is 5.82 Å². The second-order valence-corrected chi connectivity index (χ2v) is 9.49. The number of benzene rings is 4. The number of hydrogen-bond acceptors (Lipinski definition) is 6. The number of aromatic nitrogens is 2. The van der Waals surface area contributed by atoms with Gasteiger partial charge in [0.2, 0.25) is 0 Å². The van der Waals surface area contributed by atoms with Gasteiger partial charge in [-0.15, -0.1) is 0 Å². The van der Waals surface area contributed by atoms with Gasteiger partial charge in [-0.25, -0.2) is 4.98 Å². The molecule has 8 nitrogen and oxygen atoms in total. The van der Waals surface area contributed by atoms with Gasteiger partial charge in [0.1, 0.15) is 12.4 Å². The van der Waals surface area contributed by atoms with Gasteiger partial charge in [-0.2, -0.15) is 9.78 Å². The summed E-state index contributed by atoms with van der Waals surface area (Å²) in [6.45, 7) is 0.0650. The van der Waals surface area contributed by atoms with E-state index in [1.165, 1.54) is 23.0 Å². The Morgan fingerprint density at radius 1 is 1.03 bits per heavy atom. The molecule has 0 aliphatic heterocycles. The van der Waals surface area contributed by atoms with Crippen LogP contribution in [0.4, 0.5) is 5.69 Å². The Hall–Kier alpha value is -4.34. The minimum Gasteiger partial charge on any atom is -0.487 e. The Kier molecular flexibility index (Phi) is 7.30. The summed E-state index contributed by atoms with van der Waals surface area (Å²) in [4.78, 5) is 28.8. The molecule has 5 aromatic rings. The molecule has 0 saturated heterocycles. The lowest BCUT2D eigenvalue weighted by molar-refractivity contribution is -0.384. The van der Waals surface area contributed by atoms with Crippen LogP contribution >= 0.6 is 27.5 Å². The molecule has 0 aliphatic rings. The molecule has 0 atom stereocenters. The van der Waals surface area contributed by atoms with Gasteiger partial charge < -0.3 is 4.74 Å². The minimum absolute atomic E-state index is 0.0281. The Morgan fingerprint density at radius 3 is 2.58 bits per heavy atom. The maximum Gasteiger partial charge on any atom is 0.282 e. The largest absolute Gasteiger partial charge is 0.487 e. The van der Waals surface area contributed by atoms with E-state index in [0.29, 0.717) is 43.1 Å². The number of nitrogens with zero attached hydrogens (tertiary/aromatic N) is 4. The third-order valence-electron chi connectivity index (χ3n) is 5.64. The van der Waals surface area contributed by atoms with Crippen molar-refractivity contribution >= 4 is 50.3 Å². The third-order valence-corrected chi connectivity index (χ3v) is 6.45. The Labute approximate surface area is 230 Å². The van der Waals surface area contributed by atoms with Crippen molar-refractivity contribution in [3.63, 3.8) is 0 Å². The summed E-state index contributed by atoms with van der Waals surface area (Å²) in [5, 5.41) is 16.5. The van der Waals surface area contributed by atoms with Crippen LogP contribution in [0.1, 0.15) is 11.1 Å². The van der Waals surface area contributed by atoms with Crippen molar-refractivity contribution in [1.29, 1.82) is 0 Å². The first kappa shape index (κ1) is 25.3. The molecule has 188 valence electrons. The summed E-state index contributed by atoms with van der Waals surface area (Å²) >= 11 is 9.78. The van der Waals surface area contributed by atoms with Crippen LogP contribution < -0.4 is 10.3 Å². The van der Waals surface area contributed by atoms with Gasteiger partial charge in [0, 0.05) is 28.3 Å². The van der Waals surface area contributed by atoms with Crippen molar-refractivity contribution < 1.29 is 9.66 Å². The predicted octanol–water partition coefficient (Wildman–Crippen LogP) is 6.85. The van der Waals surface area contributed by atoms with E-state index in [9.17, 15) is 14.9 Å². The number of rotatable bonds is 7. The van der Waals surface area contributed by atoms with Crippen LogP contribution in [0.2, 0.25) is 5.02 Å². The molecule has 0 N–H and O–H groups in total. The minimum atomic E-state index is -0.459. The number of para-hydroxylation sites is 1. The van der Waals surface area contributed by atoms with Crippen molar-refractivity contribution in [3.05, 3.63) is 132 Å². The lowest BCUT2D eigenvalue weighted by Crippen LogP contribution is -2.20. The highest BCUT2D eigenvalue weighted by molar-refractivity contribution is 9.10. The number of halogens is 2. The monoisotopic (exact) mass is 588 g/mol. The zero-order valence-electron chi connectivity index (χ0n) is 19.6. The fourth-order valence-electron chi connectivity index (χ4n) is 3.87. The Bertz CT molecular complexity index is 1760. The molecule has 0 saturated carbocycles. The van der Waals surface area contributed by atoms with Crippen molar-refractivity contribution in [1.82, 2.24) is 9.66 Å². The van der Waals surface area contributed by atoms with Gasteiger partial charge in [-0.3, -0.25) is 14.9 Å². The molecule has 4 aromatic carbocycles. The average molecular weight is 590 g/mol. The number of hydrogen-bond donors (Lipinski definition) is 0. The molecular weight excluding hydrogens is 572 g/mol. The number of non-ortho nitro benzene ring substituents is 1. The van der Waals surface area contributed by atoms with Crippen LogP contribution in [0.5, 0.6) is 5.75 Å². The highest BCUT2D eigenvalue weighted by Gasteiger charge is 2.14. The average Bonchev–Trinajstić information content (AvgIpc) is 2.92. The van der Waals surface area contributed by atoms with Crippen molar-refractivity contribution in [2.45, 2.75) is 6.61 Å². The van der Waals surface area contributed by atoms with Crippen molar-refractivity contribution in [2.24, 2.45) is 5.10 Å². The molecule has 1 heterocycles. The second-order valence-electron chi connectivity index (χ2n) is 8.20. The van der Waals surface area contributed by atoms with Crippen molar-refractivity contribution in [2.75, 3.05) is 0 Å². The van der Waals surface area contributed by atoms with E-state index in [2.05, 4.69) is 21.0 Å². The summed E-state index contributed by atoms with van der Waals surface area (Å²) in [6, 6.07) is 25.9. The van der Waals surface area contributed by atoms with Crippen LogP contribution in [-0.4, -0.2) is 20.8 Å². The summed E-state index contributed by atoms with van der Waals surface area (Å²) in [6.07, 6.45) is 1.48. The van der Waals surface area contributed by atoms with Crippen molar-refractivity contribution in [3.8, 4) is 17.1 Å². The first-order valence-electron chi connectivity index (χ1n) is 11.4. The molecule has 0 aliphatic carbocycles. The lowest BCUT2D eigenvalue weighted by atomic mass is 10.2. The molecule has 0 unspecified atom stereocenters. The molecule has 1 aromatic heterocycles. The van der Waals surface area contributed by atoms with E-state index >= 15 is 0 Å². The molecule has 0 fully saturated rings. The van der Waals surface area contributed by atoms with Gasteiger partial charge >= 0.3 is 0 Å². The maximum atomic E-state index is 13.4. The molecule has 10 heteroatoms. The topological polar surface area (TPSA) is 99.6 Å². The number of ether oxygens (including phenoxy) is 1. The van der Waals surface area contributed by atoms with Gasteiger partial charge in [-0.1, -0.05) is 66.2 Å². The van der Waals surface area contributed by atoms with E-state index in [-0.39, 0.29) is 17.9 Å². The Balaban J connectivity index is 1.57. The van der Waals surface area contributed by atoms with Crippen LogP contribution in [-0.2, 0) is 6.61 Å². The third kappa shape index (κ3) is 5.34. The fraction of sp³-hybridized carbons (Fsp3) is 0.0357. The molecule has 5 rings (SSSR count). The summed E-state index contributed by atoms with van der Waals surface area (Å²) in [7, 11) is 0. The van der Waals surface area contributed by atoms with E-state index in [4.69, 9.17) is 21.3 Å². The van der Waals surface area contributed by atoms with Gasteiger partial charge in [0.25, 0.3) is 11.2 Å². The second kappa shape index (κ2) is 11.0. The maximum absolute atomic E-state index is 13.4. The zero-order chi connectivity index (χ0) is 26.6. The standard InChI is InChI=1S/C28H18BrClN4O4/c29-24-15-21(30)14-20(26(24)38-17-18-7-6-10-22(13-18)34(36)37)16-31-33-27(19-8-2-1-3-9-19)32-25-12-5-4-11-23(25)28(33)35/h1-16H,17H2. The van der Waals surface area contributed by atoms with E-state index in [1.54, 1.807) is 42.5 Å². The van der Waals surface area contributed by atoms with E-state index in [0.717, 1.165) is 5.56 Å². The number of nitro benzene ring substituents is 1. The summed E-state index contributed by atoms with van der Waals surface area (Å²) in [5.74, 6) is 0.790. The first-order valence-corrected chi connectivity index (χ1v) is 12.5. The SMILES string of the molecule is O=c1c2ccccc2nc(-c2ccccc2)n1N=Cc1cc(Cl)cc(Br)c1OCc1cccc([N+](=O)[O-])c1. The number of nitro groups is 1. The quantitative estimate of drug-likeness (QED) is 0.117. The lowest BCUT2D eigenvalue weighted by Gasteiger charge is -2.13. The highest BCUT2D eigenvalue weighted by atomic mass is 79.9. The summed E-state index contributed by atoms with van der Waals surface area (Å²) < 4.78 is 7.83. The van der Waals surface area contributed by atoms with Crippen LogP contribution in [0.25, 0.3) is 22.3 Å². The normalized spacial score (nSPS) is 11.2. The number of fused-ring (bicyclic) bond motifs is 1. The molecule has 0 bridgehead atoms. The zero-order valence-corrected chi connectivity index (χ0v) is 22.0. The van der Waals surface area contributed by atoms with Crippen LogP contribution in [0.3, 0.4) is 0 Å². The highest BCUT2D eigenvalue weighted by Crippen LogP contribution is 2.33. The molecule has 0 spiro atoms. The smallest absolute Gasteiger partial charge is 0.282 e. The van der Waals surface area contributed by atoms with E-state index in [1.807, 2.05) is 36.4 Å². The fourth-order valence-corrected chi connectivity index (χ4v) is 4.82. The Morgan fingerprint density at radius 2 is 1.79 bits per heavy atom. The first-order chi connectivity index (χ1) is 18.4. The summed E-state index contributed by atoms with van der Waals surface area (Å²) in [5.41, 5.74) is 2.04.